The van der Waals surface area contributed by atoms with Crippen LogP contribution in [0.25, 0.3) is 5.69 Å². The zero-order valence-electron chi connectivity index (χ0n) is 19.4. The van der Waals surface area contributed by atoms with Gasteiger partial charge in [-0.2, -0.15) is 18.3 Å². The molecule has 2 aromatic heterocycles. The number of hydrogen-bond donors (Lipinski definition) is 1. The maximum atomic E-state index is 13.8. The Kier molecular flexibility index (Phi) is 6.63. The number of nitrogens with zero attached hydrogens (tertiary/aromatic N) is 4. The summed E-state index contributed by atoms with van der Waals surface area (Å²) >= 11 is 0. The molecule has 1 aliphatic rings. The van der Waals surface area contributed by atoms with Crippen LogP contribution in [-0.2, 0) is 6.18 Å². The van der Waals surface area contributed by atoms with Gasteiger partial charge in [0.1, 0.15) is 5.82 Å². The molecular formula is C25H28F3N5O. The minimum atomic E-state index is -4.43. The second-order valence-electron chi connectivity index (χ2n) is 8.98. The number of amides is 1. The standard InChI is InChI=1S/C25H28F3N5O/c1-16-6-8-21(33-15-17(2)12-31-33)20(11-16)24(34)32-10-4-5-18(3)22(32)14-30-23-9-7-19(13-29-23)25(26,27)28/h6-9,11-13,15,18,22H,4-5,10,14H2,1-3H3,(H,29,30)/t18-,22?/m1/s1. The van der Waals surface area contributed by atoms with Crippen LogP contribution in [0, 0.1) is 19.8 Å². The van der Waals surface area contributed by atoms with Gasteiger partial charge in [0.25, 0.3) is 5.91 Å². The highest BCUT2D eigenvalue weighted by Gasteiger charge is 2.34. The predicted octanol–water partition coefficient (Wildman–Crippen LogP) is 5.26. The smallest absolute Gasteiger partial charge is 0.368 e. The van der Waals surface area contributed by atoms with Crippen LogP contribution in [0.1, 0.15) is 46.8 Å². The molecule has 1 unspecified atom stereocenters. The summed E-state index contributed by atoms with van der Waals surface area (Å²) in [5.74, 6) is 0.492. The monoisotopic (exact) mass is 471 g/mol. The van der Waals surface area contributed by atoms with Gasteiger partial charge in [0.15, 0.2) is 0 Å². The van der Waals surface area contributed by atoms with Crippen molar-refractivity contribution in [1.29, 1.82) is 0 Å². The highest BCUT2D eigenvalue weighted by atomic mass is 19.4. The van der Waals surface area contributed by atoms with Gasteiger partial charge in [-0.1, -0.05) is 18.6 Å². The molecule has 1 amide bonds. The van der Waals surface area contributed by atoms with Gasteiger partial charge in [0, 0.05) is 25.5 Å². The molecule has 6 nitrogen and oxygen atoms in total. The number of aryl methyl sites for hydroxylation is 2. The van der Waals surface area contributed by atoms with Crippen LogP contribution < -0.4 is 5.32 Å². The molecule has 4 rings (SSSR count). The van der Waals surface area contributed by atoms with Crippen LogP contribution in [0.15, 0.2) is 48.9 Å². The maximum absolute atomic E-state index is 13.8. The number of hydrogen-bond acceptors (Lipinski definition) is 4. The number of nitrogens with one attached hydrogen (secondary N) is 1. The van der Waals surface area contributed by atoms with Crippen molar-refractivity contribution in [3.05, 3.63) is 71.2 Å². The van der Waals surface area contributed by atoms with Gasteiger partial charge in [0.05, 0.1) is 29.1 Å². The van der Waals surface area contributed by atoms with E-state index >= 15 is 0 Å². The lowest BCUT2D eigenvalue weighted by Crippen LogP contribution is -2.51. The molecule has 3 aromatic rings. The summed E-state index contributed by atoms with van der Waals surface area (Å²) in [6.07, 6.45) is 1.89. The second kappa shape index (κ2) is 9.48. The first-order chi connectivity index (χ1) is 16.1. The van der Waals surface area contributed by atoms with Gasteiger partial charge in [0.2, 0.25) is 0 Å². The van der Waals surface area contributed by atoms with E-state index in [-0.39, 0.29) is 17.9 Å². The number of aromatic nitrogens is 3. The Morgan fingerprint density at radius 3 is 2.59 bits per heavy atom. The molecule has 0 aliphatic carbocycles. The first kappa shape index (κ1) is 23.8. The van der Waals surface area contributed by atoms with Crippen molar-refractivity contribution in [2.75, 3.05) is 18.4 Å². The Balaban J connectivity index is 1.57. The quantitative estimate of drug-likeness (QED) is 0.552. The van der Waals surface area contributed by atoms with Crippen molar-refractivity contribution in [3.63, 3.8) is 0 Å². The molecule has 0 spiro atoms. The van der Waals surface area contributed by atoms with Crippen LogP contribution in [0.3, 0.4) is 0 Å². The summed E-state index contributed by atoms with van der Waals surface area (Å²) in [6.45, 7) is 7.00. The zero-order valence-corrected chi connectivity index (χ0v) is 19.4. The molecule has 1 aromatic carbocycles. The van der Waals surface area contributed by atoms with E-state index in [1.807, 2.05) is 43.1 Å². The molecule has 0 saturated carbocycles. The fraction of sp³-hybridized carbons (Fsp3) is 0.400. The molecular weight excluding hydrogens is 443 g/mol. The van der Waals surface area contributed by atoms with Crippen LogP contribution in [0.4, 0.5) is 19.0 Å². The number of piperidine rings is 1. The van der Waals surface area contributed by atoms with Crippen LogP contribution in [0.2, 0.25) is 0 Å². The van der Waals surface area contributed by atoms with Gasteiger partial charge in [-0.25, -0.2) is 9.67 Å². The number of carbonyl (C=O) groups excluding carboxylic acids is 1. The molecule has 1 N–H and O–H groups in total. The summed E-state index contributed by atoms with van der Waals surface area (Å²) in [7, 11) is 0. The fourth-order valence-electron chi connectivity index (χ4n) is 4.41. The van der Waals surface area contributed by atoms with E-state index in [1.165, 1.54) is 6.07 Å². The molecule has 9 heteroatoms. The van der Waals surface area contributed by atoms with Crippen molar-refractivity contribution < 1.29 is 18.0 Å². The summed E-state index contributed by atoms with van der Waals surface area (Å²) in [6, 6.07) is 7.95. The van der Waals surface area contributed by atoms with Gasteiger partial charge < -0.3 is 10.2 Å². The van der Waals surface area contributed by atoms with Crippen LogP contribution in [0.5, 0.6) is 0 Å². The van der Waals surface area contributed by atoms with E-state index in [2.05, 4.69) is 22.3 Å². The van der Waals surface area contributed by atoms with Crippen molar-refractivity contribution in [2.24, 2.45) is 5.92 Å². The summed E-state index contributed by atoms with van der Waals surface area (Å²) in [5, 5.41) is 7.51. The van der Waals surface area contributed by atoms with Crippen molar-refractivity contribution >= 4 is 11.7 Å². The van der Waals surface area contributed by atoms with Gasteiger partial charge in [-0.15, -0.1) is 0 Å². The number of carbonyl (C=O) groups is 1. The normalized spacial score (nSPS) is 18.7. The fourth-order valence-corrected chi connectivity index (χ4v) is 4.41. The van der Waals surface area contributed by atoms with Crippen LogP contribution >= 0.6 is 0 Å². The molecule has 0 radical (unpaired) electrons. The predicted molar refractivity (Wildman–Crippen MR) is 124 cm³/mol. The molecule has 180 valence electrons. The average Bonchev–Trinajstić information content (AvgIpc) is 3.23. The van der Waals surface area contributed by atoms with Crippen molar-refractivity contribution in [3.8, 4) is 5.69 Å². The minimum absolute atomic E-state index is 0.0782. The number of pyridine rings is 1. The number of likely N-dealkylation sites (tertiary alicyclic amines) is 1. The van der Waals surface area contributed by atoms with E-state index < -0.39 is 11.7 Å². The lowest BCUT2D eigenvalue weighted by Gasteiger charge is -2.40. The Morgan fingerprint density at radius 2 is 1.94 bits per heavy atom. The Hall–Kier alpha value is -3.36. The number of halogens is 3. The third kappa shape index (κ3) is 5.08. The SMILES string of the molecule is Cc1ccc(-n2cc(C)cn2)c(C(=O)N2CCC[C@@H](C)C2CNc2ccc(C(F)(F)F)cn2)c1. The molecule has 1 saturated heterocycles. The van der Waals surface area contributed by atoms with E-state index in [9.17, 15) is 18.0 Å². The maximum Gasteiger partial charge on any atom is 0.417 e. The van der Waals surface area contributed by atoms with E-state index in [0.29, 0.717) is 24.5 Å². The summed E-state index contributed by atoms with van der Waals surface area (Å²) in [5.41, 5.74) is 2.48. The van der Waals surface area contributed by atoms with Gasteiger partial charge in [-0.05, 0) is 62.4 Å². The highest BCUT2D eigenvalue weighted by Crippen LogP contribution is 2.30. The van der Waals surface area contributed by atoms with E-state index in [4.69, 9.17) is 0 Å². The topological polar surface area (TPSA) is 63.1 Å². The molecule has 1 aliphatic heterocycles. The molecule has 2 atom stereocenters. The number of anilines is 1. The highest BCUT2D eigenvalue weighted by molar-refractivity contribution is 5.98. The van der Waals surface area contributed by atoms with E-state index in [1.54, 1.807) is 10.9 Å². The van der Waals surface area contributed by atoms with Gasteiger partial charge in [-0.3, -0.25) is 4.79 Å². The average molecular weight is 472 g/mol. The lowest BCUT2D eigenvalue weighted by atomic mass is 9.89. The van der Waals surface area contributed by atoms with Crippen molar-refractivity contribution in [1.82, 2.24) is 19.7 Å². The lowest BCUT2D eigenvalue weighted by molar-refractivity contribution is -0.137. The number of benzene rings is 1. The minimum Gasteiger partial charge on any atom is -0.368 e. The Morgan fingerprint density at radius 1 is 1.15 bits per heavy atom. The van der Waals surface area contributed by atoms with Crippen LogP contribution in [-0.4, -0.2) is 44.7 Å². The summed E-state index contributed by atoms with van der Waals surface area (Å²) in [4.78, 5) is 19.6. The first-order valence-electron chi connectivity index (χ1n) is 11.3. The third-order valence-corrected chi connectivity index (χ3v) is 6.30. The summed E-state index contributed by atoms with van der Waals surface area (Å²) < 4.78 is 40.2. The number of alkyl halides is 3. The second-order valence-corrected chi connectivity index (χ2v) is 8.98. The zero-order chi connectivity index (χ0) is 24.5. The largest absolute Gasteiger partial charge is 0.417 e. The van der Waals surface area contributed by atoms with E-state index in [0.717, 1.165) is 41.9 Å². The first-order valence-corrected chi connectivity index (χ1v) is 11.3. The molecule has 34 heavy (non-hydrogen) atoms. The van der Waals surface area contributed by atoms with Gasteiger partial charge >= 0.3 is 6.18 Å². The molecule has 0 bridgehead atoms. The Bertz CT molecular complexity index is 1160. The third-order valence-electron chi connectivity index (χ3n) is 6.30. The molecule has 3 heterocycles. The molecule has 1 fully saturated rings. The number of rotatable bonds is 5. The van der Waals surface area contributed by atoms with Crippen molar-refractivity contribution in [2.45, 2.75) is 45.8 Å². The Labute approximate surface area is 196 Å².